The molecule has 176 valence electrons. The molecule has 0 spiro atoms. The number of nitrogens with zero attached hydrogens (tertiary/aromatic N) is 2. The number of amides is 2. The summed E-state index contributed by atoms with van der Waals surface area (Å²) in [5.41, 5.74) is 1.84. The number of rotatable bonds is 5. The van der Waals surface area contributed by atoms with E-state index in [2.05, 4.69) is 41.5 Å². The van der Waals surface area contributed by atoms with Gasteiger partial charge in [-0.3, -0.25) is 9.59 Å². The quantitative estimate of drug-likeness (QED) is 0.212. The minimum atomic E-state index is -0.265. The Bertz CT molecular complexity index is 1570. The molecule has 2 fully saturated rings. The molecule has 7 rings (SSSR count). The molecule has 4 unspecified atom stereocenters. The van der Waals surface area contributed by atoms with Crippen molar-refractivity contribution in [1.29, 1.82) is 0 Å². The smallest absolute Gasteiger partial charge is 0.254 e. The number of imide groups is 1. The Labute approximate surface area is 208 Å². The number of benzene rings is 4. The molecule has 5 nitrogen and oxygen atoms in total. The Kier molecular flexibility index (Phi) is 4.78. The van der Waals surface area contributed by atoms with Gasteiger partial charge in [0.25, 0.3) is 11.8 Å². The second-order valence-electron chi connectivity index (χ2n) is 9.86. The standard InChI is InChI=1S/C31H24N2O3/c34-30-28-21-12-13-22(16-21)29(28)31(35)33(30)32-17-26-25-11-4-2-7-20(25)14-15-27(26)36-18-23-9-5-8-19-6-1-3-10-24(19)23/h1-15,17,21-22,28-29H,16,18H2. The molecule has 4 aromatic carbocycles. The zero-order chi connectivity index (χ0) is 24.2. The average molecular weight is 473 g/mol. The maximum atomic E-state index is 13.1. The molecule has 0 N–H and O–H groups in total. The minimum Gasteiger partial charge on any atom is -0.488 e. The van der Waals surface area contributed by atoms with Crippen LogP contribution in [-0.4, -0.2) is 23.0 Å². The van der Waals surface area contributed by atoms with E-state index in [0.29, 0.717) is 12.4 Å². The largest absolute Gasteiger partial charge is 0.488 e. The van der Waals surface area contributed by atoms with Gasteiger partial charge in [0.15, 0.2) is 0 Å². The molecule has 36 heavy (non-hydrogen) atoms. The second-order valence-corrected chi connectivity index (χ2v) is 9.86. The number of ether oxygens (including phenoxy) is 1. The van der Waals surface area contributed by atoms with E-state index in [1.807, 2.05) is 54.6 Å². The molecule has 2 amide bonds. The molecular formula is C31H24N2O3. The summed E-state index contributed by atoms with van der Waals surface area (Å²) < 4.78 is 6.34. The second kappa shape index (κ2) is 8.16. The Morgan fingerprint density at radius 3 is 2.17 bits per heavy atom. The van der Waals surface area contributed by atoms with Crippen LogP contribution in [0.25, 0.3) is 21.5 Å². The fourth-order valence-corrected chi connectivity index (χ4v) is 6.22. The number of hydrogen-bond acceptors (Lipinski definition) is 4. The van der Waals surface area contributed by atoms with Crippen molar-refractivity contribution < 1.29 is 14.3 Å². The van der Waals surface area contributed by atoms with Crippen LogP contribution in [0.15, 0.2) is 96.1 Å². The van der Waals surface area contributed by atoms with E-state index in [-0.39, 0.29) is 35.5 Å². The summed E-state index contributed by atoms with van der Waals surface area (Å²) in [7, 11) is 0. The predicted octanol–water partition coefficient (Wildman–Crippen LogP) is 5.71. The number of carbonyl (C=O) groups excluding carboxylic acids is 2. The Morgan fingerprint density at radius 2 is 1.42 bits per heavy atom. The molecule has 1 saturated carbocycles. The van der Waals surface area contributed by atoms with Crippen LogP contribution in [0.4, 0.5) is 0 Å². The van der Waals surface area contributed by atoms with E-state index >= 15 is 0 Å². The molecular weight excluding hydrogens is 448 g/mol. The van der Waals surface area contributed by atoms with Crippen LogP contribution in [0.5, 0.6) is 5.75 Å². The highest BCUT2D eigenvalue weighted by molar-refractivity contribution is 6.08. The van der Waals surface area contributed by atoms with E-state index in [1.54, 1.807) is 6.21 Å². The van der Waals surface area contributed by atoms with Crippen molar-refractivity contribution in [2.24, 2.45) is 28.8 Å². The average Bonchev–Trinajstić information content (AvgIpc) is 3.60. The van der Waals surface area contributed by atoms with Crippen molar-refractivity contribution in [2.75, 3.05) is 0 Å². The van der Waals surface area contributed by atoms with Crippen molar-refractivity contribution in [1.82, 2.24) is 5.01 Å². The van der Waals surface area contributed by atoms with E-state index < -0.39 is 0 Å². The van der Waals surface area contributed by atoms with Gasteiger partial charge in [-0.1, -0.05) is 84.9 Å². The maximum Gasteiger partial charge on any atom is 0.254 e. The Morgan fingerprint density at radius 1 is 0.778 bits per heavy atom. The molecule has 0 aromatic heterocycles. The number of fused-ring (bicyclic) bond motifs is 7. The van der Waals surface area contributed by atoms with Crippen LogP contribution >= 0.6 is 0 Å². The van der Waals surface area contributed by atoms with Crippen LogP contribution in [0.2, 0.25) is 0 Å². The van der Waals surface area contributed by atoms with Crippen LogP contribution in [0.3, 0.4) is 0 Å². The monoisotopic (exact) mass is 472 g/mol. The summed E-state index contributed by atoms with van der Waals surface area (Å²) in [6.45, 7) is 0.390. The van der Waals surface area contributed by atoms with Crippen LogP contribution in [-0.2, 0) is 16.2 Å². The molecule has 1 saturated heterocycles. The third-order valence-electron chi connectivity index (χ3n) is 7.94. The van der Waals surface area contributed by atoms with Crippen molar-refractivity contribution in [3.63, 3.8) is 0 Å². The fraction of sp³-hybridized carbons (Fsp3) is 0.194. The van der Waals surface area contributed by atoms with Crippen LogP contribution < -0.4 is 4.74 Å². The van der Waals surface area contributed by atoms with Gasteiger partial charge < -0.3 is 4.74 Å². The molecule has 3 aliphatic rings. The molecule has 4 aromatic rings. The van der Waals surface area contributed by atoms with Gasteiger partial charge in [-0.25, -0.2) is 0 Å². The summed E-state index contributed by atoms with van der Waals surface area (Å²) in [5, 5.41) is 9.86. The van der Waals surface area contributed by atoms with Gasteiger partial charge in [0.1, 0.15) is 12.4 Å². The molecule has 2 aliphatic carbocycles. The fourth-order valence-electron chi connectivity index (χ4n) is 6.22. The number of hydrazone groups is 1. The minimum absolute atomic E-state index is 0.161. The first-order valence-corrected chi connectivity index (χ1v) is 12.4. The van der Waals surface area contributed by atoms with Gasteiger partial charge in [-0.15, -0.1) is 0 Å². The third-order valence-corrected chi connectivity index (χ3v) is 7.94. The van der Waals surface area contributed by atoms with E-state index in [4.69, 9.17) is 4.74 Å². The van der Waals surface area contributed by atoms with Crippen LogP contribution in [0.1, 0.15) is 17.5 Å². The topological polar surface area (TPSA) is 59.0 Å². The molecule has 1 heterocycles. The highest BCUT2D eigenvalue weighted by atomic mass is 16.5. The van der Waals surface area contributed by atoms with Gasteiger partial charge in [-0.2, -0.15) is 10.1 Å². The number of allylic oxidation sites excluding steroid dienone is 2. The van der Waals surface area contributed by atoms with E-state index in [1.165, 1.54) is 5.39 Å². The van der Waals surface area contributed by atoms with Gasteiger partial charge in [0.2, 0.25) is 0 Å². The summed E-state index contributed by atoms with van der Waals surface area (Å²) in [5.74, 6) is 0.0839. The summed E-state index contributed by atoms with van der Waals surface area (Å²) >= 11 is 0. The van der Waals surface area contributed by atoms with E-state index in [0.717, 1.165) is 38.7 Å². The maximum absolute atomic E-state index is 13.1. The molecule has 1 aliphatic heterocycles. The first kappa shape index (κ1) is 21.1. The zero-order valence-corrected chi connectivity index (χ0v) is 19.6. The highest BCUT2D eigenvalue weighted by Gasteiger charge is 2.59. The van der Waals surface area contributed by atoms with Crippen molar-refractivity contribution in [2.45, 2.75) is 13.0 Å². The van der Waals surface area contributed by atoms with Gasteiger partial charge >= 0.3 is 0 Å². The SMILES string of the molecule is O=C1C2C3C=CC(C3)C2C(=O)N1N=Cc1c(OCc2cccc3ccccc23)ccc2ccccc12. The molecule has 0 radical (unpaired) electrons. The Balaban J connectivity index is 1.23. The molecule has 2 bridgehead atoms. The van der Waals surface area contributed by atoms with E-state index in [9.17, 15) is 9.59 Å². The van der Waals surface area contributed by atoms with Gasteiger partial charge in [0.05, 0.1) is 18.1 Å². The first-order valence-electron chi connectivity index (χ1n) is 12.4. The summed E-state index contributed by atoms with van der Waals surface area (Å²) in [6.07, 6.45) is 6.70. The zero-order valence-electron chi connectivity index (χ0n) is 19.6. The van der Waals surface area contributed by atoms with Crippen LogP contribution in [0, 0.1) is 23.7 Å². The highest BCUT2D eigenvalue weighted by Crippen LogP contribution is 2.52. The van der Waals surface area contributed by atoms with Gasteiger partial charge in [0, 0.05) is 5.56 Å². The molecule has 5 heteroatoms. The molecule has 4 atom stereocenters. The van der Waals surface area contributed by atoms with Crippen molar-refractivity contribution >= 4 is 39.6 Å². The summed E-state index contributed by atoms with van der Waals surface area (Å²) in [6, 6.07) is 26.4. The Hall–Kier alpha value is -4.25. The number of hydrogen-bond donors (Lipinski definition) is 0. The van der Waals surface area contributed by atoms with Crippen molar-refractivity contribution in [3.05, 3.63) is 102 Å². The third kappa shape index (κ3) is 3.19. The van der Waals surface area contributed by atoms with Crippen molar-refractivity contribution in [3.8, 4) is 5.75 Å². The summed E-state index contributed by atoms with van der Waals surface area (Å²) in [4.78, 5) is 26.2. The lowest BCUT2D eigenvalue weighted by Gasteiger charge is -2.14. The lowest BCUT2D eigenvalue weighted by molar-refractivity contribution is -0.140. The van der Waals surface area contributed by atoms with Gasteiger partial charge in [-0.05, 0) is 51.4 Å². The lowest BCUT2D eigenvalue weighted by Crippen LogP contribution is -2.28. The first-order chi connectivity index (χ1) is 17.7. The normalized spacial score (nSPS) is 24.5. The lowest BCUT2D eigenvalue weighted by atomic mass is 9.85. The predicted molar refractivity (Wildman–Crippen MR) is 139 cm³/mol. The number of carbonyl (C=O) groups is 2.